The lowest BCUT2D eigenvalue weighted by Crippen LogP contribution is -2.32. The van der Waals surface area contributed by atoms with E-state index in [9.17, 15) is 4.79 Å². The summed E-state index contributed by atoms with van der Waals surface area (Å²) in [5, 5.41) is 0. The van der Waals surface area contributed by atoms with E-state index in [2.05, 4.69) is 6.92 Å². The highest BCUT2D eigenvalue weighted by Crippen LogP contribution is 2.26. The van der Waals surface area contributed by atoms with Crippen molar-refractivity contribution < 1.29 is 9.53 Å². The molecule has 15 heavy (non-hydrogen) atoms. The summed E-state index contributed by atoms with van der Waals surface area (Å²) < 4.78 is 5.82. The summed E-state index contributed by atoms with van der Waals surface area (Å²) in [4.78, 5) is 11.3. The van der Waals surface area contributed by atoms with Crippen molar-refractivity contribution in [3.63, 3.8) is 0 Å². The van der Waals surface area contributed by atoms with Crippen molar-refractivity contribution in [3.8, 4) is 5.75 Å². The van der Waals surface area contributed by atoms with Crippen LogP contribution in [0.2, 0.25) is 0 Å². The van der Waals surface area contributed by atoms with E-state index in [0.717, 1.165) is 18.6 Å². The molecule has 2 rings (SSSR count). The van der Waals surface area contributed by atoms with E-state index < -0.39 is 0 Å². The molecule has 0 N–H and O–H groups in total. The topological polar surface area (TPSA) is 26.3 Å². The first kappa shape index (κ1) is 10.2. The van der Waals surface area contributed by atoms with Crippen LogP contribution in [-0.4, -0.2) is 11.9 Å². The van der Waals surface area contributed by atoms with Gasteiger partial charge in [0.15, 0.2) is 0 Å². The number of para-hydroxylation sites is 1. The summed E-state index contributed by atoms with van der Waals surface area (Å²) in [7, 11) is 0. The van der Waals surface area contributed by atoms with Gasteiger partial charge in [0.1, 0.15) is 17.6 Å². The van der Waals surface area contributed by atoms with Crippen LogP contribution in [0.3, 0.4) is 0 Å². The van der Waals surface area contributed by atoms with Crippen LogP contribution in [0.25, 0.3) is 0 Å². The van der Waals surface area contributed by atoms with Gasteiger partial charge in [0.05, 0.1) is 0 Å². The van der Waals surface area contributed by atoms with Crippen molar-refractivity contribution in [3.05, 3.63) is 30.3 Å². The van der Waals surface area contributed by atoms with Crippen molar-refractivity contribution in [2.75, 3.05) is 0 Å². The minimum Gasteiger partial charge on any atom is -0.490 e. The number of carbonyl (C=O) groups excluding carboxylic acids is 1. The number of ketones is 1. The quantitative estimate of drug-likeness (QED) is 0.740. The molecule has 0 spiro atoms. The van der Waals surface area contributed by atoms with Gasteiger partial charge < -0.3 is 4.74 Å². The summed E-state index contributed by atoms with van der Waals surface area (Å²) in [6, 6.07) is 9.73. The standard InChI is InChI=1S/C13H16O2/c1-10-7-8-11(14)9-13(10)15-12-5-3-2-4-6-12/h2-6,10,13H,7-9H2,1H3. The molecule has 1 saturated carbocycles. The maximum Gasteiger partial charge on any atom is 0.136 e. The summed E-state index contributed by atoms with van der Waals surface area (Å²) in [6.45, 7) is 2.15. The van der Waals surface area contributed by atoms with E-state index in [-0.39, 0.29) is 6.10 Å². The second-order valence-electron chi connectivity index (χ2n) is 4.23. The normalized spacial score (nSPS) is 26.3. The molecule has 2 atom stereocenters. The smallest absolute Gasteiger partial charge is 0.136 e. The molecule has 0 radical (unpaired) electrons. The Balaban J connectivity index is 2.01. The summed E-state index contributed by atoms with van der Waals surface area (Å²) >= 11 is 0. The third-order valence-corrected chi connectivity index (χ3v) is 2.97. The Morgan fingerprint density at radius 3 is 2.73 bits per heavy atom. The van der Waals surface area contributed by atoms with Gasteiger partial charge in [0, 0.05) is 12.8 Å². The molecule has 2 heteroatoms. The number of hydrogen-bond acceptors (Lipinski definition) is 2. The summed E-state index contributed by atoms with van der Waals surface area (Å²) in [5.74, 6) is 1.67. The molecule has 1 aromatic rings. The molecule has 80 valence electrons. The van der Waals surface area contributed by atoms with Crippen LogP contribution in [0.4, 0.5) is 0 Å². The molecular weight excluding hydrogens is 188 g/mol. The van der Waals surface area contributed by atoms with E-state index in [0.29, 0.717) is 18.1 Å². The average molecular weight is 204 g/mol. The highest BCUT2D eigenvalue weighted by atomic mass is 16.5. The lowest BCUT2D eigenvalue weighted by Gasteiger charge is -2.28. The van der Waals surface area contributed by atoms with Gasteiger partial charge in [-0.15, -0.1) is 0 Å². The zero-order valence-corrected chi connectivity index (χ0v) is 8.98. The molecule has 0 amide bonds. The molecule has 1 fully saturated rings. The largest absolute Gasteiger partial charge is 0.490 e. The highest BCUT2D eigenvalue weighted by Gasteiger charge is 2.27. The van der Waals surface area contributed by atoms with E-state index in [1.807, 2.05) is 30.3 Å². The number of rotatable bonds is 2. The van der Waals surface area contributed by atoms with Crippen LogP contribution in [-0.2, 0) is 4.79 Å². The number of Topliss-reactive ketones (excluding diaryl/α,β-unsaturated/α-hetero) is 1. The van der Waals surface area contributed by atoms with Gasteiger partial charge in [-0.25, -0.2) is 0 Å². The van der Waals surface area contributed by atoms with Gasteiger partial charge in [-0.3, -0.25) is 4.79 Å². The van der Waals surface area contributed by atoms with Crippen LogP contribution in [0, 0.1) is 5.92 Å². The molecule has 2 unspecified atom stereocenters. The highest BCUT2D eigenvalue weighted by molar-refractivity contribution is 5.79. The molecule has 1 aliphatic rings. The lowest BCUT2D eigenvalue weighted by atomic mass is 9.87. The number of benzene rings is 1. The number of carbonyl (C=O) groups is 1. The van der Waals surface area contributed by atoms with E-state index in [4.69, 9.17) is 4.74 Å². The van der Waals surface area contributed by atoms with Crippen LogP contribution in [0.15, 0.2) is 30.3 Å². The van der Waals surface area contributed by atoms with E-state index in [1.54, 1.807) is 0 Å². The summed E-state index contributed by atoms with van der Waals surface area (Å²) in [5.41, 5.74) is 0. The minimum atomic E-state index is 0.0636. The number of hydrogen-bond donors (Lipinski definition) is 0. The maximum atomic E-state index is 11.3. The molecule has 0 saturated heterocycles. The second-order valence-corrected chi connectivity index (χ2v) is 4.23. The SMILES string of the molecule is CC1CCC(=O)CC1Oc1ccccc1. The maximum absolute atomic E-state index is 11.3. The van der Waals surface area contributed by atoms with Crippen LogP contribution >= 0.6 is 0 Å². The van der Waals surface area contributed by atoms with Gasteiger partial charge in [-0.05, 0) is 24.5 Å². The van der Waals surface area contributed by atoms with Crippen molar-refractivity contribution >= 4 is 5.78 Å². The predicted molar refractivity (Wildman–Crippen MR) is 58.9 cm³/mol. The Kier molecular flexibility index (Phi) is 3.05. The predicted octanol–water partition coefficient (Wildman–Crippen LogP) is 2.82. The van der Waals surface area contributed by atoms with Gasteiger partial charge in [-0.2, -0.15) is 0 Å². The Morgan fingerprint density at radius 2 is 2.00 bits per heavy atom. The molecule has 1 aliphatic carbocycles. The first-order valence-corrected chi connectivity index (χ1v) is 5.49. The minimum absolute atomic E-state index is 0.0636. The van der Waals surface area contributed by atoms with Crippen LogP contribution < -0.4 is 4.74 Å². The average Bonchev–Trinajstić information content (AvgIpc) is 2.25. The zero-order chi connectivity index (χ0) is 10.7. The molecule has 1 aromatic carbocycles. The third kappa shape index (κ3) is 2.58. The summed E-state index contributed by atoms with van der Waals surface area (Å²) in [6.07, 6.45) is 2.30. The van der Waals surface area contributed by atoms with Crippen LogP contribution in [0.1, 0.15) is 26.2 Å². The molecule has 0 aromatic heterocycles. The zero-order valence-electron chi connectivity index (χ0n) is 8.98. The fourth-order valence-corrected chi connectivity index (χ4v) is 1.93. The molecule has 0 bridgehead atoms. The molecule has 0 heterocycles. The molecular formula is C13H16O2. The Hall–Kier alpha value is -1.31. The van der Waals surface area contributed by atoms with E-state index in [1.165, 1.54) is 0 Å². The second kappa shape index (κ2) is 4.47. The first-order valence-electron chi connectivity index (χ1n) is 5.49. The first-order chi connectivity index (χ1) is 7.25. The van der Waals surface area contributed by atoms with Crippen molar-refractivity contribution in [2.45, 2.75) is 32.3 Å². The van der Waals surface area contributed by atoms with E-state index >= 15 is 0 Å². The van der Waals surface area contributed by atoms with Crippen LogP contribution in [0.5, 0.6) is 5.75 Å². The Labute approximate surface area is 90.3 Å². The fourth-order valence-electron chi connectivity index (χ4n) is 1.93. The molecule has 0 aliphatic heterocycles. The third-order valence-electron chi connectivity index (χ3n) is 2.97. The Bertz CT molecular complexity index is 332. The van der Waals surface area contributed by atoms with Gasteiger partial charge in [0.2, 0.25) is 0 Å². The van der Waals surface area contributed by atoms with Crippen molar-refractivity contribution in [1.29, 1.82) is 0 Å². The lowest BCUT2D eigenvalue weighted by molar-refractivity contribution is -0.123. The van der Waals surface area contributed by atoms with Crippen molar-refractivity contribution in [1.82, 2.24) is 0 Å². The Morgan fingerprint density at radius 1 is 1.27 bits per heavy atom. The monoisotopic (exact) mass is 204 g/mol. The fraction of sp³-hybridized carbons (Fsp3) is 0.462. The van der Waals surface area contributed by atoms with Gasteiger partial charge in [0.25, 0.3) is 0 Å². The van der Waals surface area contributed by atoms with Gasteiger partial charge in [-0.1, -0.05) is 25.1 Å². The number of ether oxygens (including phenoxy) is 1. The molecule has 2 nitrogen and oxygen atoms in total. The van der Waals surface area contributed by atoms with Crippen molar-refractivity contribution in [2.24, 2.45) is 5.92 Å². The van der Waals surface area contributed by atoms with Gasteiger partial charge >= 0.3 is 0 Å².